The number of carbonyl (C=O) groups excluding carboxylic acids is 3. The van der Waals surface area contributed by atoms with Gasteiger partial charge in [-0.05, 0) is 25.3 Å². The Balaban J connectivity index is 1.51. The van der Waals surface area contributed by atoms with Gasteiger partial charge in [-0.25, -0.2) is 0 Å². The summed E-state index contributed by atoms with van der Waals surface area (Å²) in [4.78, 5) is 47.5. The number of halogens is 1. The van der Waals surface area contributed by atoms with Crippen molar-refractivity contribution in [2.45, 2.75) is 48.4 Å². The van der Waals surface area contributed by atoms with E-state index in [4.69, 9.17) is 14.2 Å². The number of nitrogens with zero attached hydrogens (tertiary/aromatic N) is 3. The predicted octanol–water partition coefficient (Wildman–Crippen LogP) is 1.25. The van der Waals surface area contributed by atoms with Gasteiger partial charge < -0.3 is 29.1 Å². The first-order valence-electron chi connectivity index (χ1n) is 14.5. The van der Waals surface area contributed by atoms with Gasteiger partial charge in [-0.1, -0.05) is 52.3 Å². The zero-order valence-corrected chi connectivity index (χ0v) is 25.1. The Bertz CT molecular complexity index is 1120. The molecule has 10 nitrogen and oxygen atoms in total. The highest BCUT2D eigenvalue weighted by atomic mass is 79.9. The molecule has 5 rings (SSSR count). The van der Waals surface area contributed by atoms with Crippen LogP contribution in [0.3, 0.4) is 0 Å². The number of hydrogen-bond acceptors (Lipinski definition) is 8. The molecule has 4 heterocycles. The first-order valence-corrected chi connectivity index (χ1v) is 15.4. The molecule has 0 saturated carbocycles. The normalized spacial score (nSPS) is 31.6. The molecule has 4 aliphatic rings. The molecule has 1 N–H and O–H groups in total. The number of aliphatic hydroxyl groups is 1. The van der Waals surface area contributed by atoms with Crippen molar-refractivity contribution in [3.8, 4) is 0 Å². The summed E-state index contributed by atoms with van der Waals surface area (Å²) in [6.45, 7) is 9.72. The zero-order chi connectivity index (χ0) is 29.1. The average molecular weight is 635 g/mol. The van der Waals surface area contributed by atoms with Gasteiger partial charge in [-0.3, -0.25) is 19.3 Å². The average Bonchev–Trinajstić information content (AvgIpc) is 3.58. The third-order valence-electron chi connectivity index (χ3n) is 8.89. The van der Waals surface area contributed by atoms with E-state index in [0.29, 0.717) is 45.7 Å². The minimum atomic E-state index is -1.22. The van der Waals surface area contributed by atoms with Gasteiger partial charge in [-0.15, -0.1) is 6.58 Å². The van der Waals surface area contributed by atoms with Crippen molar-refractivity contribution in [1.82, 2.24) is 14.7 Å². The number of hydrogen-bond donors (Lipinski definition) is 1. The molecule has 4 saturated heterocycles. The second kappa shape index (κ2) is 12.9. The van der Waals surface area contributed by atoms with Gasteiger partial charge in [0.05, 0.1) is 50.4 Å². The van der Waals surface area contributed by atoms with Gasteiger partial charge in [0, 0.05) is 37.6 Å². The van der Waals surface area contributed by atoms with Crippen LogP contribution in [0.4, 0.5) is 0 Å². The van der Waals surface area contributed by atoms with Crippen LogP contribution < -0.4 is 0 Å². The van der Waals surface area contributed by atoms with Crippen LogP contribution in [0.25, 0.3) is 0 Å². The summed E-state index contributed by atoms with van der Waals surface area (Å²) < 4.78 is 17.5. The third kappa shape index (κ3) is 5.59. The molecule has 2 bridgehead atoms. The molecule has 11 heteroatoms. The zero-order valence-electron chi connectivity index (χ0n) is 23.5. The number of aliphatic hydroxyl groups excluding tert-OH is 1. The summed E-state index contributed by atoms with van der Waals surface area (Å²) in [5, 5.41) is 10.6. The first kappa shape index (κ1) is 30.2. The van der Waals surface area contributed by atoms with E-state index >= 15 is 0 Å². The number of carbonyl (C=O) groups is 3. The lowest BCUT2D eigenvalue weighted by Gasteiger charge is -2.40. The fourth-order valence-electron chi connectivity index (χ4n) is 7.09. The van der Waals surface area contributed by atoms with E-state index in [1.165, 1.54) is 4.90 Å². The maximum Gasteiger partial charge on any atom is 0.312 e. The van der Waals surface area contributed by atoms with Gasteiger partial charge in [0.1, 0.15) is 11.6 Å². The van der Waals surface area contributed by atoms with E-state index in [-0.39, 0.29) is 29.9 Å². The molecule has 0 aromatic heterocycles. The summed E-state index contributed by atoms with van der Waals surface area (Å²) in [5.74, 6) is -2.80. The van der Waals surface area contributed by atoms with Gasteiger partial charge in [0.2, 0.25) is 11.8 Å². The number of benzene rings is 1. The highest BCUT2D eigenvalue weighted by Gasteiger charge is 2.77. The highest BCUT2D eigenvalue weighted by Crippen LogP contribution is 2.60. The Kier molecular flexibility index (Phi) is 9.50. The van der Waals surface area contributed by atoms with Crippen molar-refractivity contribution >= 4 is 33.7 Å². The SMILES string of the molecule is C=CCN(CCN1CCOCC1)C(=O)[C@@H]1N([C@@H](CO)Cc2ccccc2)C(=O)[C@H]2[C@H](C(=O)OCC)[C@H]3O[C@@]12CC3Br. The smallest absolute Gasteiger partial charge is 0.312 e. The van der Waals surface area contributed by atoms with E-state index in [1.807, 2.05) is 30.3 Å². The molecule has 41 heavy (non-hydrogen) atoms. The quantitative estimate of drug-likeness (QED) is 0.208. The van der Waals surface area contributed by atoms with Crippen molar-refractivity contribution in [2.24, 2.45) is 11.8 Å². The Morgan fingerprint density at radius 1 is 1.29 bits per heavy atom. The summed E-state index contributed by atoms with van der Waals surface area (Å²) >= 11 is 3.69. The summed E-state index contributed by atoms with van der Waals surface area (Å²) in [5.41, 5.74) is -0.284. The number of alkyl halides is 1. The standard InChI is InChI=1S/C30H40BrN3O7/c1-3-10-33(12-11-32-13-15-39-16-14-32)28(37)26-30-18-22(31)25(41-30)23(29(38)40-4-2)24(30)27(36)34(26)21(19-35)17-20-8-6-5-7-9-20/h3,5-9,21-26,35H,1,4,10-19H2,2H3/t21-,22?,23+,24-,25+,26+,30-/m1/s1. The molecule has 0 radical (unpaired) electrons. The molecule has 4 aliphatic heterocycles. The topological polar surface area (TPSA) is 109 Å². The van der Waals surface area contributed by atoms with Gasteiger partial charge in [0.15, 0.2) is 0 Å². The van der Waals surface area contributed by atoms with Crippen molar-refractivity contribution in [1.29, 1.82) is 0 Å². The molecule has 4 fully saturated rings. The maximum absolute atomic E-state index is 14.6. The molecule has 1 aromatic rings. The lowest BCUT2D eigenvalue weighted by atomic mass is 9.70. The summed E-state index contributed by atoms with van der Waals surface area (Å²) in [6.07, 6.45) is 1.85. The molecule has 1 spiro atoms. The van der Waals surface area contributed by atoms with E-state index in [1.54, 1.807) is 17.9 Å². The number of amides is 2. The second-order valence-electron chi connectivity index (χ2n) is 11.2. The summed E-state index contributed by atoms with van der Waals surface area (Å²) in [6, 6.07) is 7.90. The fourth-order valence-corrected chi connectivity index (χ4v) is 8.03. The Morgan fingerprint density at radius 2 is 2.02 bits per heavy atom. The van der Waals surface area contributed by atoms with Crippen LogP contribution in [0.2, 0.25) is 0 Å². The predicted molar refractivity (Wildman–Crippen MR) is 154 cm³/mol. The molecular formula is C30H40BrN3O7. The third-order valence-corrected chi connectivity index (χ3v) is 9.73. The fraction of sp³-hybridized carbons (Fsp3) is 0.633. The summed E-state index contributed by atoms with van der Waals surface area (Å²) in [7, 11) is 0. The minimum absolute atomic E-state index is 0.177. The Labute approximate surface area is 249 Å². The lowest BCUT2D eigenvalue weighted by Crippen LogP contribution is -2.60. The van der Waals surface area contributed by atoms with Crippen LogP contribution in [-0.2, 0) is 35.0 Å². The number of esters is 1. The van der Waals surface area contributed by atoms with Crippen LogP contribution in [0.15, 0.2) is 43.0 Å². The molecular weight excluding hydrogens is 594 g/mol. The van der Waals surface area contributed by atoms with E-state index in [2.05, 4.69) is 27.4 Å². The first-order chi connectivity index (χ1) is 19.9. The number of likely N-dealkylation sites (tertiary alicyclic amines) is 1. The highest BCUT2D eigenvalue weighted by molar-refractivity contribution is 9.09. The van der Waals surface area contributed by atoms with Crippen molar-refractivity contribution in [3.05, 3.63) is 48.6 Å². The van der Waals surface area contributed by atoms with Gasteiger partial charge in [0.25, 0.3) is 0 Å². The molecule has 1 aromatic carbocycles. The Morgan fingerprint density at radius 3 is 2.68 bits per heavy atom. The lowest BCUT2D eigenvalue weighted by molar-refractivity contribution is -0.156. The van der Waals surface area contributed by atoms with Crippen LogP contribution >= 0.6 is 15.9 Å². The molecule has 1 unspecified atom stereocenters. The molecule has 2 amide bonds. The van der Waals surface area contributed by atoms with Crippen LogP contribution in [0.1, 0.15) is 18.9 Å². The molecule has 0 aliphatic carbocycles. The van der Waals surface area contributed by atoms with Crippen LogP contribution in [0, 0.1) is 11.8 Å². The number of rotatable bonds is 12. The van der Waals surface area contributed by atoms with Crippen LogP contribution in [-0.4, -0.2) is 125 Å². The maximum atomic E-state index is 14.6. The van der Waals surface area contributed by atoms with E-state index in [0.717, 1.165) is 18.7 Å². The van der Waals surface area contributed by atoms with E-state index in [9.17, 15) is 19.5 Å². The number of fused-ring (bicyclic) bond motifs is 1. The molecule has 224 valence electrons. The van der Waals surface area contributed by atoms with Gasteiger partial charge in [-0.2, -0.15) is 0 Å². The molecule has 7 atom stereocenters. The van der Waals surface area contributed by atoms with Crippen molar-refractivity contribution < 1.29 is 33.7 Å². The number of morpholine rings is 1. The van der Waals surface area contributed by atoms with E-state index < -0.39 is 41.6 Å². The van der Waals surface area contributed by atoms with Crippen molar-refractivity contribution in [2.75, 3.05) is 59.2 Å². The second-order valence-corrected chi connectivity index (χ2v) is 12.4. The Hall–Kier alpha value is -2.31. The largest absolute Gasteiger partial charge is 0.466 e. The minimum Gasteiger partial charge on any atom is -0.466 e. The monoisotopic (exact) mass is 633 g/mol. The van der Waals surface area contributed by atoms with Crippen molar-refractivity contribution in [3.63, 3.8) is 0 Å². The van der Waals surface area contributed by atoms with Gasteiger partial charge >= 0.3 is 5.97 Å². The number of ether oxygens (including phenoxy) is 3. The van der Waals surface area contributed by atoms with Crippen LogP contribution in [0.5, 0.6) is 0 Å².